The highest BCUT2D eigenvalue weighted by Crippen LogP contribution is 2.35. The third-order valence-corrected chi connectivity index (χ3v) is 6.96. The van der Waals surface area contributed by atoms with Crippen molar-refractivity contribution < 1.29 is 19.1 Å². The molecule has 0 bridgehead atoms. The normalized spacial score (nSPS) is 16.1. The van der Waals surface area contributed by atoms with Crippen molar-refractivity contribution in [1.82, 2.24) is 9.47 Å². The molecule has 5 rings (SSSR count). The van der Waals surface area contributed by atoms with Crippen molar-refractivity contribution >= 4 is 56.6 Å². The molecule has 7 heteroatoms. The lowest BCUT2D eigenvalue weighted by molar-refractivity contribution is -0.148. The van der Waals surface area contributed by atoms with Gasteiger partial charge in [0.25, 0.3) is 11.1 Å². The van der Waals surface area contributed by atoms with E-state index in [-0.39, 0.29) is 4.91 Å². The fourth-order valence-electron chi connectivity index (χ4n) is 4.37. The van der Waals surface area contributed by atoms with E-state index in [1.807, 2.05) is 42.6 Å². The maximum absolute atomic E-state index is 13.0. The maximum atomic E-state index is 13.0. The van der Waals surface area contributed by atoms with Gasteiger partial charge in [-0.15, -0.1) is 0 Å². The van der Waals surface area contributed by atoms with Gasteiger partial charge in [-0.3, -0.25) is 14.5 Å². The number of para-hydroxylation sites is 1. The third-order valence-electron chi connectivity index (χ3n) is 6.08. The number of thioether (sulfide) groups is 1. The standard InChI is InChI=1S/C27H22N2O4S/c1-17(26(31)33-2)29-25(30)24(34-27(29)32)14-20-16-28(23-13-6-5-12-22(20)23)15-19-10-7-9-18-8-3-4-11-21(18)19/h3-14,16-17H,15H2,1-2H3/b24-14+/t17-/m1/s1. The molecule has 1 aliphatic heterocycles. The topological polar surface area (TPSA) is 68.6 Å². The van der Waals surface area contributed by atoms with Gasteiger partial charge in [-0.25, -0.2) is 4.79 Å². The molecule has 1 aliphatic rings. The van der Waals surface area contributed by atoms with Crippen LogP contribution < -0.4 is 0 Å². The second-order valence-electron chi connectivity index (χ2n) is 8.12. The quantitative estimate of drug-likeness (QED) is 0.287. The first-order chi connectivity index (χ1) is 16.5. The van der Waals surface area contributed by atoms with E-state index in [0.717, 1.165) is 33.1 Å². The van der Waals surface area contributed by atoms with Crippen LogP contribution in [0.25, 0.3) is 27.8 Å². The number of hydrogen-bond donors (Lipinski definition) is 0. The van der Waals surface area contributed by atoms with Crippen molar-refractivity contribution in [3.05, 3.63) is 89.0 Å². The van der Waals surface area contributed by atoms with Gasteiger partial charge in [-0.1, -0.05) is 60.7 Å². The molecule has 1 aromatic heterocycles. The minimum Gasteiger partial charge on any atom is -0.467 e. The van der Waals surface area contributed by atoms with Crippen molar-refractivity contribution in [3.63, 3.8) is 0 Å². The summed E-state index contributed by atoms with van der Waals surface area (Å²) in [4.78, 5) is 38.6. The Hall–Kier alpha value is -3.84. The fourth-order valence-corrected chi connectivity index (χ4v) is 5.26. The molecule has 34 heavy (non-hydrogen) atoms. The Kier molecular flexibility index (Phi) is 5.71. The van der Waals surface area contributed by atoms with Gasteiger partial charge in [0, 0.05) is 29.2 Å². The molecule has 0 N–H and O–H groups in total. The molecular formula is C27H22N2O4S. The number of hydrogen-bond acceptors (Lipinski definition) is 5. The number of methoxy groups -OCH3 is 1. The molecule has 1 saturated heterocycles. The number of benzene rings is 3. The molecular weight excluding hydrogens is 448 g/mol. The first-order valence-corrected chi connectivity index (χ1v) is 11.7. The van der Waals surface area contributed by atoms with Crippen LogP contribution in [0.4, 0.5) is 4.79 Å². The van der Waals surface area contributed by atoms with Gasteiger partial charge >= 0.3 is 5.97 Å². The summed E-state index contributed by atoms with van der Waals surface area (Å²) in [5.74, 6) is -1.12. The van der Waals surface area contributed by atoms with E-state index in [0.29, 0.717) is 6.54 Å². The summed E-state index contributed by atoms with van der Waals surface area (Å²) in [5.41, 5.74) is 3.06. The average molecular weight is 471 g/mol. The predicted molar refractivity (Wildman–Crippen MR) is 134 cm³/mol. The third kappa shape index (κ3) is 3.78. The Morgan fingerprint density at radius 1 is 1.00 bits per heavy atom. The first kappa shape index (κ1) is 22.0. The second kappa shape index (κ2) is 8.83. The number of nitrogens with zero attached hydrogens (tertiary/aromatic N) is 2. The van der Waals surface area contributed by atoms with E-state index < -0.39 is 23.2 Å². The number of esters is 1. The number of carbonyl (C=O) groups is 3. The van der Waals surface area contributed by atoms with Gasteiger partial charge in [0.1, 0.15) is 6.04 Å². The van der Waals surface area contributed by atoms with Crippen molar-refractivity contribution in [3.8, 4) is 0 Å². The average Bonchev–Trinajstić information content (AvgIpc) is 3.34. The number of imide groups is 1. The van der Waals surface area contributed by atoms with Crippen molar-refractivity contribution in [2.75, 3.05) is 7.11 Å². The van der Waals surface area contributed by atoms with Crippen molar-refractivity contribution in [2.45, 2.75) is 19.5 Å². The van der Waals surface area contributed by atoms with Crippen LogP contribution in [0.1, 0.15) is 18.1 Å². The summed E-state index contributed by atoms with van der Waals surface area (Å²) >= 11 is 0.838. The molecule has 0 spiro atoms. The van der Waals surface area contributed by atoms with Crippen LogP contribution in [0.5, 0.6) is 0 Å². The SMILES string of the molecule is COC(=O)[C@@H](C)N1C(=O)S/C(=C/c2cn(Cc3cccc4ccccc34)c3ccccc23)C1=O. The van der Waals surface area contributed by atoms with E-state index >= 15 is 0 Å². The van der Waals surface area contributed by atoms with Crippen LogP contribution in [-0.2, 0) is 20.9 Å². The van der Waals surface area contributed by atoms with Gasteiger partial charge < -0.3 is 9.30 Å². The molecule has 3 aromatic carbocycles. The smallest absolute Gasteiger partial charge is 0.328 e. The number of rotatable bonds is 5. The van der Waals surface area contributed by atoms with Crippen LogP contribution in [0.3, 0.4) is 0 Å². The largest absolute Gasteiger partial charge is 0.467 e. The number of amides is 2. The van der Waals surface area contributed by atoms with Gasteiger partial charge in [-0.2, -0.15) is 0 Å². The highest BCUT2D eigenvalue weighted by atomic mass is 32.2. The molecule has 2 heterocycles. The van der Waals surface area contributed by atoms with Crippen molar-refractivity contribution in [2.24, 2.45) is 0 Å². The Bertz CT molecular complexity index is 1480. The molecule has 170 valence electrons. The lowest BCUT2D eigenvalue weighted by atomic mass is 10.0. The highest BCUT2D eigenvalue weighted by Gasteiger charge is 2.41. The maximum Gasteiger partial charge on any atom is 0.328 e. The van der Waals surface area contributed by atoms with E-state index in [9.17, 15) is 14.4 Å². The van der Waals surface area contributed by atoms with Crippen LogP contribution >= 0.6 is 11.8 Å². The molecule has 0 radical (unpaired) electrons. The molecule has 4 aromatic rings. The van der Waals surface area contributed by atoms with Crippen LogP contribution in [0.15, 0.2) is 77.8 Å². The summed E-state index contributed by atoms with van der Waals surface area (Å²) in [6.07, 6.45) is 3.74. The number of fused-ring (bicyclic) bond motifs is 2. The van der Waals surface area contributed by atoms with E-state index in [2.05, 4.69) is 34.9 Å². The summed E-state index contributed by atoms with van der Waals surface area (Å²) in [6, 6.07) is 21.6. The lowest BCUT2D eigenvalue weighted by Gasteiger charge is -2.18. The van der Waals surface area contributed by atoms with Crippen LogP contribution in [0.2, 0.25) is 0 Å². The van der Waals surface area contributed by atoms with E-state index in [1.165, 1.54) is 30.4 Å². The first-order valence-electron chi connectivity index (χ1n) is 10.9. The van der Waals surface area contributed by atoms with Crippen LogP contribution in [-0.4, -0.2) is 39.7 Å². The summed E-state index contributed by atoms with van der Waals surface area (Å²) in [5, 5.41) is 2.89. The van der Waals surface area contributed by atoms with E-state index in [1.54, 1.807) is 6.08 Å². The van der Waals surface area contributed by atoms with Gasteiger partial charge in [0.05, 0.1) is 12.0 Å². The minimum absolute atomic E-state index is 0.286. The predicted octanol–water partition coefficient (Wildman–Crippen LogP) is 5.44. The molecule has 6 nitrogen and oxygen atoms in total. The molecule has 1 atom stereocenters. The van der Waals surface area contributed by atoms with E-state index in [4.69, 9.17) is 4.74 Å². The highest BCUT2D eigenvalue weighted by molar-refractivity contribution is 8.18. The number of aromatic nitrogens is 1. The summed E-state index contributed by atoms with van der Waals surface area (Å²) in [6.45, 7) is 2.15. The monoisotopic (exact) mass is 470 g/mol. The number of ether oxygens (including phenoxy) is 1. The second-order valence-corrected chi connectivity index (χ2v) is 9.11. The zero-order chi connectivity index (χ0) is 23.8. The van der Waals surface area contributed by atoms with Gasteiger partial charge in [-0.05, 0) is 47.2 Å². The lowest BCUT2D eigenvalue weighted by Crippen LogP contribution is -2.42. The van der Waals surface area contributed by atoms with Gasteiger partial charge in [0.2, 0.25) is 0 Å². The van der Waals surface area contributed by atoms with Crippen molar-refractivity contribution in [1.29, 1.82) is 0 Å². The molecule has 0 unspecified atom stereocenters. The Morgan fingerprint density at radius 2 is 1.71 bits per heavy atom. The molecule has 2 amide bonds. The fraction of sp³-hybridized carbons (Fsp3) is 0.148. The van der Waals surface area contributed by atoms with Gasteiger partial charge in [0.15, 0.2) is 0 Å². The Balaban J connectivity index is 1.54. The number of carbonyl (C=O) groups excluding carboxylic acids is 3. The van der Waals surface area contributed by atoms with Crippen LogP contribution in [0, 0.1) is 0 Å². The Labute approximate surface area is 200 Å². The summed E-state index contributed by atoms with van der Waals surface area (Å²) in [7, 11) is 1.23. The molecule has 1 fully saturated rings. The molecule has 0 saturated carbocycles. The zero-order valence-electron chi connectivity index (χ0n) is 18.7. The molecule has 0 aliphatic carbocycles. The summed E-state index contributed by atoms with van der Waals surface area (Å²) < 4.78 is 6.86. The zero-order valence-corrected chi connectivity index (χ0v) is 19.5. The minimum atomic E-state index is -0.976. The Morgan fingerprint density at radius 3 is 2.50 bits per heavy atom.